The number of thiazole rings is 1. The molecule has 1 aromatic heterocycles. The van der Waals surface area contributed by atoms with Gasteiger partial charge in [0.05, 0.1) is 5.01 Å². The molecule has 0 aromatic carbocycles. The molecule has 16 heavy (non-hydrogen) atoms. The fraction of sp³-hybridized carbons (Fsp3) is 0.556. The van der Waals surface area contributed by atoms with Gasteiger partial charge in [-0.3, -0.25) is 4.79 Å². The van der Waals surface area contributed by atoms with E-state index in [1.807, 2.05) is 12.3 Å². The van der Waals surface area contributed by atoms with E-state index in [-0.39, 0.29) is 36.6 Å². The van der Waals surface area contributed by atoms with Gasteiger partial charge in [0.1, 0.15) is 0 Å². The molecule has 0 aliphatic heterocycles. The van der Waals surface area contributed by atoms with Crippen LogP contribution in [0.1, 0.15) is 11.9 Å². The standard InChI is InChI=1S/C9H15N3OS.2ClH/c1-7(6-10)9(13)12-3-2-8-11-4-5-14-8;;/h4-5,7H,2-3,6,10H2,1H3,(H,12,13);2*1H. The van der Waals surface area contributed by atoms with Gasteiger partial charge in [0.2, 0.25) is 5.91 Å². The van der Waals surface area contributed by atoms with E-state index in [0.717, 1.165) is 11.4 Å². The van der Waals surface area contributed by atoms with Gasteiger partial charge in [0.15, 0.2) is 0 Å². The molecule has 0 fully saturated rings. The zero-order valence-electron chi connectivity index (χ0n) is 9.01. The number of halogens is 2. The summed E-state index contributed by atoms with van der Waals surface area (Å²) in [4.78, 5) is 15.4. The van der Waals surface area contributed by atoms with Gasteiger partial charge in [-0.05, 0) is 0 Å². The van der Waals surface area contributed by atoms with Crippen molar-refractivity contribution in [2.24, 2.45) is 11.7 Å². The van der Waals surface area contributed by atoms with Gasteiger partial charge in [-0.1, -0.05) is 6.92 Å². The van der Waals surface area contributed by atoms with E-state index in [0.29, 0.717) is 13.1 Å². The molecule has 0 bridgehead atoms. The Balaban J connectivity index is 0. The van der Waals surface area contributed by atoms with Crippen molar-refractivity contribution < 1.29 is 4.79 Å². The van der Waals surface area contributed by atoms with Crippen LogP contribution < -0.4 is 11.1 Å². The Bertz CT molecular complexity index is 282. The lowest BCUT2D eigenvalue weighted by Gasteiger charge is -2.08. The van der Waals surface area contributed by atoms with Crippen molar-refractivity contribution in [2.75, 3.05) is 13.1 Å². The normalized spacial score (nSPS) is 10.9. The molecule has 1 amide bonds. The summed E-state index contributed by atoms with van der Waals surface area (Å²) < 4.78 is 0. The van der Waals surface area contributed by atoms with E-state index in [1.54, 1.807) is 17.5 Å². The zero-order valence-corrected chi connectivity index (χ0v) is 11.5. The van der Waals surface area contributed by atoms with Crippen LogP contribution in [-0.4, -0.2) is 24.0 Å². The second kappa shape index (κ2) is 9.84. The van der Waals surface area contributed by atoms with E-state index in [2.05, 4.69) is 10.3 Å². The molecule has 0 spiro atoms. The fourth-order valence-electron chi connectivity index (χ4n) is 0.950. The molecule has 1 atom stereocenters. The van der Waals surface area contributed by atoms with Crippen LogP contribution in [0.15, 0.2) is 11.6 Å². The molecule has 94 valence electrons. The third kappa shape index (κ3) is 6.27. The lowest BCUT2D eigenvalue weighted by atomic mass is 10.2. The Morgan fingerprint density at radius 1 is 1.62 bits per heavy atom. The minimum atomic E-state index is -0.105. The third-order valence-corrected chi connectivity index (χ3v) is 2.76. The van der Waals surface area contributed by atoms with E-state index in [4.69, 9.17) is 5.73 Å². The summed E-state index contributed by atoms with van der Waals surface area (Å²) in [6.45, 7) is 2.85. The van der Waals surface area contributed by atoms with Crippen LogP contribution in [0, 0.1) is 5.92 Å². The maximum absolute atomic E-state index is 11.3. The predicted molar refractivity (Wildman–Crippen MR) is 71.5 cm³/mol. The number of rotatable bonds is 5. The molecule has 3 N–H and O–H groups in total. The molecule has 0 saturated carbocycles. The smallest absolute Gasteiger partial charge is 0.224 e. The van der Waals surface area contributed by atoms with Crippen LogP contribution in [0.2, 0.25) is 0 Å². The van der Waals surface area contributed by atoms with Crippen molar-refractivity contribution >= 4 is 42.1 Å². The number of aromatic nitrogens is 1. The summed E-state index contributed by atoms with van der Waals surface area (Å²) in [5.74, 6) is -0.0876. The van der Waals surface area contributed by atoms with Crippen molar-refractivity contribution in [1.29, 1.82) is 0 Å². The third-order valence-electron chi connectivity index (χ3n) is 1.92. The van der Waals surface area contributed by atoms with E-state index in [1.165, 1.54) is 0 Å². The summed E-state index contributed by atoms with van der Waals surface area (Å²) >= 11 is 1.60. The maximum Gasteiger partial charge on any atom is 0.224 e. The first-order valence-electron chi connectivity index (χ1n) is 4.60. The highest BCUT2D eigenvalue weighted by atomic mass is 35.5. The SMILES string of the molecule is CC(CN)C(=O)NCCc1nccs1.Cl.Cl. The van der Waals surface area contributed by atoms with Gasteiger partial charge < -0.3 is 11.1 Å². The van der Waals surface area contributed by atoms with Gasteiger partial charge in [-0.2, -0.15) is 0 Å². The van der Waals surface area contributed by atoms with E-state index < -0.39 is 0 Å². The number of nitrogens with zero attached hydrogens (tertiary/aromatic N) is 1. The second-order valence-corrected chi connectivity index (χ2v) is 4.08. The van der Waals surface area contributed by atoms with Gasteiger partial charge in [-0.15, -0.1) is 36.2 Å². The first-order valence-corrected chi connectivity index (χ1v) is 5.48. The molecule has 0 radical (unpaired) electrons. The Morgan fingerprint density at radius 3 is 2.81 bits per heavy atom. The van der Waals surface area contributed by atoms with Gasteiger partial charge in [0, 0.05) is 37.0 Å². The summed E-state index contributed by atoms with van der Waals surface area (Å²) in [7, 11) is 0. The molecule has 0 aliphatic rings. The first kappa shape index (κ1) is 18.0. The van der Waals surface area contributed by atoms with Crippen molar-refractivity contribution in [2.45, 2.75) is 13.3 Å². The predicted octanol–water partition coefficient (Wildman–Crippen LogP) is 1.24. The summed E-state index contributed by atoms with van der Waals surface area (Å²) in [5.41, 5.74) is 5.37. The number of carbonyl (C=O) groups is 1. The molecular weight excluding hydrogens is 269 g/mol. The Labute approximate surface area is 112 Å². The first-order chi connectivity index (χ1) is 6.74. The highest BCUT2D eigenvalue weighted by molar-refractivity contribution is 7.09. The lowest BCUT2D eigenvalue weighted by Crippen LogP contribution is -2.34. The Morgan fingerprint density at radius 2 is 2.31 bits per heavy atom. The summed E-state index contributed by atoms with van der Waals surface area (Å²) in [5, 5.41) is 5.80. The van der Waals surface area contributed by atoms with Crippen LogP contribution in [0.3, 0.4) is 0 Å². The minimum absolute atomic E-state index is 0. The molecule has 0 saturated heterocycles. The quantitative estimate of drug-likeness (QED) is 0.855. The molecule has 1 heterocycles. The second-order valence-electron chi connectivity index (χ2n) is 3.10. The maximum atomic E-state index is 11.3. The molecule has 1 aromatic rings. The van der Waals surface area contributed by atoms with E-state index >= 15 is 0 Å². The molecule has 7 heteroatoms. The van der Waals surface area contributed by atoms with Gasteiger partial charge in [0.25, 0.3) is 0 Å². The van der Waals surface area contributed by atoms with Crippen LogP contribution in [0.5, 0.6) is 0 Å². The Kier molecular flexibility index (Phi) is 11.1. The highest BCUT2D eigenvalue weighted by Gasteiger charge is 2.09. The molecule has 0 aliphatic carbocycles. The van der Waals surface area contributed by atoms with Gasteiger partial charge in [-0.25, -0.2) is 4.98 Å². The summed E-state index contributed by atoms with van der Waals surface area (Å²) in [6.07, 6.45) is 2.56. The van der Waals surface area contributed by atoms with Gasteiger partial charge >= 0.3 is 0 Å². The van der Waals surface area contributed by atoms with Crippen molar-refractivity contribution in [3.05, 3.63) is 16.6 Å². The average Bonchev–Trinajstić information content (AvgIpc) is 2.69. The molecule has 4 nitrogen and oxygen atoms in total. The lowest BCUT2D eigenvalue weighted by molar-refractivity contribution is -0.124. The van der Waals surface area contributed by atoms with E-state index in [9.17, 15) is 4.79 Å². The van der Waals surface area contributed by atoms with Crippen molar-refractivity contribution in [3.8, 4) is 0 Å². The number of hydrogen-bond acceptors (Lipinski definition) is 4. The number of amides is 1. The molecule has 1 unspecified atom stereocenters. The number of nitrogens with two attached hydrogens (primary N) is 1. The topological polar surface area (TPSA) is 68.0 Å². The number of nitrogens with one attached hydrogen (secondary N) is 1. The number of hydrogen-bond donors (Lipinski definition) is 2. The fourth-order valence-corrected chi connectivity index (χ4v) is 1.57. The molecular formula is C9H17Cl2N3OS. The monoisotopic (exact) mass is 285 g/mol. The van der Waals surface area contributed by atoms with Crippen molar-refractivity contribution in [1.82, 2.24) is 10.3 Å². The van der Waals surface area contributed by atoms with Crippen LogP contribution in [-0.2, 0) is 11.2 Å². The zero-order chi connectivity index (χ0) is 10.4. The van der Waals surface area contributed by atoms with Crippen LogP contribution in [0.25, 0.3) is 0 Å². The van der Waals surface area contributed by atoms with Crippen molar-refractivity contribution in [3.63, 3.8) is 0 Å². The average molecular weight is 286 g/mol. The van der Waals surface area contributed by atoms with Crippen LogP contribution in [0.4, 0.5) is 0 Å². The molecule has 1 rings (SSSR count). The largest absolute Gasteiger partial charge is 0.355 e. The highest BCUT2D eigenvalue weighted by Crippen LogP contribution is 2.03. The summed E-state index contributed by atoms with van der Waals surface area (Å²) in [6, 6.07) is 0. The number of carbonyl (C=O) groups excluding carboxylic acids is 1. The van der Waals surface area contributed by atoms with Crippen LogP contribution >= 0.6 is 36.2 Å². The Hall–Kier alpha value is -0.360. The minimum Gasteiger partial charge on any atom is -0.355 e.